The number of hydrogen-bond acceptors (Lipinski definition) is 3. The molecule has 0 aliphatic heterocycles. The number of aromatic nitrogens is 2. The van der Waals surface area contributed by atoms with Crippen LogP contribution < -0.4 is 4.74 Å². The number of nitrogens with zero attached hydrogens (tertiary/aromatic N) is 2. The second-order valence-electron chi connectivity index (χ2n) is 4.24. The summed E-state index contributed by atoms with van der Waals surface area (Å²) in [6, 6.07) is 7.01. The fourth-order valence-corrected chi connectivity index (χ4v) is 1.99. The number of carbonyl (C=O) groups excluding carboxylic acids is 1. The topological polar surface area (TPSA) is 44.1 Å². The van der Waals surface area contributed by atoms with E-state index in [1.807, 2.05) is 13.1 Å². The second kappa shape index (κ2) is 5.89. The molecule has 0 spiro atoms. The molecule has 5 heteroatoms. The first-order chi connectivity index (χ1) is 9.08. The normalized spacial score (nSPS) is 10.5. The van der Waals surface area contributed by atoms with Gasteiger partial charge in [0, 0.05) is 30.4 Å². The summed E-state index contributed by atoms with van der Waals surface area (Å²) in [5.74, 6) is 0.511. The lowest BCUT2D eigenvalue weighted by molar-refractivity contribution is 0.101. The van der Waals surface area contributed by atoms with Gasteiger partial charge in [0.25, 0.3) is 0 Å². The number of Topliss-reactive ketones (excluding diaryl/α,β-unsaturated/α-hetero) is 1. The van der Waals surface area contributed by atoms with Gasteiger partial charge in [-0.3, -0.25) is 9.48 Å². The number of benzene rings is 1. The van der Waals surface area contributed by atoms with Crippen LogP contribution in [0.1, 0.15) is 23.0 Å². The third kappa shape index (κ3) is 3.35. The molecule has 19 heavy (non-hydrogen) atoms. The van der Waals surface area contributed by atoms with Crippen LogP contribution in [0.3, 0.4) is 0 Å². The molecule has 0 aliphatic rings. The van der Waals surface area contributed by atoms with Gasteiger partial charge in [0.1, 0.15) is 5.75 Å². The zero-order valence-electron chi connectivity index (χ0n) is 10.9. The van der Waals surface area contributed by atoms with Gasteiger partial charge in [0.15, 0.2) is 5.78 Å². The number of ketones is 1. The van der Waals surface area contributed by atoms with E-state index >= 15 is 0 Å². The van der Waals surface area contributed by atoms with Crippen molar-refractivity contribution in [1.29, 1.82) is 0 Å². The molecule has 0 N–H and O–H groups in total. The molecule has 4 nitrogen and oxygen atoms in total. The number of aryl methyl sites for hydroxylation is 1. The van der Waals surface area contributed by atoms with Crippen molar-refractivity contribution in [3.05, 3.63) is 46.7 Å². The molecule has 0 saturated carbocycles. The Morgan fingerprint density at radius 3 is 2.84 bits per heavy atom. The first-order valence-corrected chi connectivity index (χ1v) is 6.36. The van der Waals surface area contributed by atoms with E-state index in [1.165, 1.54) is 6.92 Å². The fraction of sp³-hybridized carbons (Fsp3) is 0.286. The molecule has 0 atom stereocenters. The lowest BCUT2D eigenvalue weighted by Crippen LogP contribution is -2.08. The average molecular weight is 279 g/mol. The Balaban J connectivity index is 2.03. The van der Waals surface area contributed by atoms with Gasteiger partial charge < -0.3 is 4.74 Å². The summed E-state index contributed by atoms with van der Waals surface area (Å²) < 4.78 is 7.46. The minimum Gasteiger partial charge on any atom is -0.492 e. The molecule has 0 fully saturated rings. The van der Waals surface area contributed by atoms with Gasteiger partial charge in [0.2, 0.25) is 0 Å². The van der Waals surface area contributed by atoms with Crippen molar-refractivity contribution in [3.63, 3.8) is 0 Å². The van der Waals surface area contributed by atoms with Gasteiger partial charge in [-0.25, -0.2) is 0 Å². The van der Waals surface area contributed by atoms with Crippen molar-refractivity contribution in [2.45, 2.75) is 13.3 Å². The van der Waals surface area contributed by atoms with Gasteiger partial charge >= 0.3 is 0 Å². The van der Waals surface area contributed by atoms with E-state index in [4.69, 9.17) is 16.3 Å². The van der Waals surface area contributed by atoms with Crippen LogP contribution in [0.15, 0.2) is 30.5 Å². The lowest BCUT2D eigenvalue weighted by atomic mass is 10.1. The first kappa shape index (κ1) is 13.6. The smallest absolute Gasteiger partial charge is 0.163 e. The summed E-state index contributed by atoms with van der Waals surface area (Å²) >= 11 is 5.88. The zero-order chi connectivity index (χ0) is 13.8. The summed E-state index contributed by atoms with van der Waals surface area (Å²) in [5.41, 5.74) is 1.59. The maximum absolute atomic E-state index is 11.5. The molecule has 1 aromatic heterocycles. The monoisotopic (exact) mass is 278 g/mol. The molecular weight excluding hydrogens is 264 g/mol. The number of rotatable bonds is 5. The van der Waals surface area contributed by atoms with Crippen LogP contribution in [0.25, 0.3) is 0 Å². The Bertz CT molecular complexity index is 593. The summed E-state index contributed by atoms with van der Waals surface area (Å²) in [5, 5.41) is 4.62. The minimum atomic E-state index is -0.0574. The Morgan fingerprint density at radius 1 is 1.42 bits per heavy atom. The largest absolute Gasteiger partial charge is 0.492 e. The van der Waals surface area contributed by atoms with Crippen molar-refractivity contribution < 1.29 is 9.53 Å². The van der Waals surface area contributed by atoms with Crippen LogP contribution in [0.2, 0.25) is 5.02 Å². The molecule has 2 aromatic rings. The Morgan fingerprint density at radius 2 is 2.21 bits per heavy atom. The summed E-state index contributed by atoms with van der Waals surface area (Å²) in [7, 11) is 1.89. The molecule has 1 aromatic carbocycles. The van der Waals surface area contributed by atoms with Crippen molar-refractivity contribution in [2.75, 3.05) is 6.61 Å². The maximum atomic E-state index is 11.5. The predicted molar refractivity (Wildman–Crippen MR) is 73.9 cm³/mol. The molecule has 0 saturated heterocycles. The minimum absolute atomic E-state index is 0.0574. The third-order valence-electron chi connectivity index (χ3n) is 2.86. The maximum Gasteiger partial charge on any atom is 0.163 e. The van der Waals surface area contributed by atoms with E-state index in [0.717, 1.165) is 12.1 Å². The highest BCUT2D eigenvalue weighted by Crippen LogP contribution is 2.23. The highest BCUT2D eigenvalue weighted by Gasteiger charge is 2.09. The lowest BCUT2D eigenvalue weighted by Gasteiger charge is -2.10. The molecule has 2 rings (SSSR count). The standard InChI is InChI=1S/C14H15ClN2O2/c1-10(18)13-9-11(15)3-4-14(13)19-8-6-12-5-7-16-17(12)2/h3-5,7,9H,6,8H2,1-2H3. The van der Waals surface area contributed by atoms with Gasteiger partial charge in [-0.2, -0.15) is 5.10 Å². The van der Waals surface area contributed by atoms with Crippen molar-refractivity contribution in [1.82, 2.24) is 9.78 Å². The summed E-state index contributed by atoms with van der Waals surface area (Å²) in [6.45, 7) is 1.99. The van der Waals surface area contributed by atoms with Gasteiger partial charge in [-0.15, -0.1) is 0 Å². The molecule has 0 aliphatic carbocycles. The number of halogens is 1. The quantitative estimate of drug-likeness (QED) is 0.790. The Hall–Kier alpha value is -1.81. The average Bonchev–Trinajstić information content (AvgIpc) is 2.77. The third-order valence-corrected chi connectivity index (χ3v) is 3.09. The molecular formula is C14H15ClN2O2. The summed E-state index contributed by atoms with van der Waals surface area (Å²) in [4.78, 5) is 11.5. The van der Waals surface area contributed by atoms with Crippen molar-refractivity contribution >= 4 is 17.4 Å². The van der Waals surface area contributed by atoms with Gasteiger partial charge in [0.05, 0.1) is 12.2 Å². The first-order valence-electron chi connectivity index (χ1n) is 5.98. The zero-order valence-corrected chi connectivity index (χ0v) is 11.6. The molecule has 0 radical (unpaired) electrons. The van der Waals surface area contributed by atoms with E-state index in [9.17, 15) is 4.79 Å². The number of ether oxygens (including phenoxy) is 1. The Labute approximate surface area is 116 Å². The summed E-state index contributed by atoms with van der Waals surface area (Å²) in [6.07, 6.45) is 2.48. The van der Waals surface area contributed by atoms with Crippen LogP contribution in [0.5, 0.6) is 5.75 Å². The van der Waals surface area contributed by atoms with Crippen LogP contribution in [0.4, 0.5) is 0 Å². The molecule has 100 valence electrons. The van der Waals surface area contributed by atoms with Crippen molar-refractivity contribution in [2.24, 2.45) is 7.05 Å². The SMILES string of the molecule is CC(=O)c1cc(Cl)ccc1OCCc1ccnn1C. The van der Waals surface area contributed by atoms with Crippen LogP contribution >= 0.6 is 11.6 Å². The fourth-order valence-electron chi connectivity index (χ4n) is 1.82. The molecule has 0 amide bonds. The second-order valence-corrected chi connectivity index (χ2v) is 4.68. The van der Waals surface area contributed by atoms with Crippen LogP contribution in [0, 0.1) is 0 Å². The van der Waals surface area contributed by atoms with E-state index in [2.05, 4.69) is 5.10 Å². The van der Waals surface area contributed by atoms with E-state index in [0.29, 0.717) is 22.9 Å². The predicted octanol–water partition coefficient (Wildman–Crippen LogP) is 2.90. The van der Waals surface area contributed by atoms with E-state index in [1.54, 1.807) is 29.1 Å². The number of carbonyl (C=O) groups is 1. The molecule has 0 bridgehead atoms. The van der Waals surface area contributed by atoms with Gasteiger partial charge in [-0.1, -0.05) is 11.6 Å². The van der Waals surface area contributed by atoms with E-state index < -0.39 is 0 Å². The molecule has 0 unspecified atom stereocenters. The number of hydrogen-bond donors (Lipinski definition) is 0. The van der Waals surface area contributed by atoms with E-state index in [-0.39, 0.29) is 5.78 Å². The molecule has 1 heterocycles. The van der Waals surface area contributed by atoms with Gasteiger partial charge in [-0.05, 0) is 31.2 Å². The Kier molecular flexibility index (Phi) is 4.22. The highest BCUT2D eigenvalue weighted by atomic mass is 35.5. The highest BCUT2D eigenvalue weighted by molar-refractivity contribution is 6.31. The van der Waals surface area contributed by atoms with Crippen molar-refractivity contribution in [3.8, 4) is 5.75 Å². The van der Waals surface area contributed by atoms with Crippen LogP contribution in [-0.2, 0) is 13.5 Å². The van der Waals surface area contributed by atoms with Crippen LogP contribution in [-0.4, -0.2) is 22.2 Å².